The Bertz CT molecular complexity index is 859. The van der Waals surface area contributed by atoms with E-state index in [1.807, 2.05) is 6.92 Å². The Kier molecular flexibility index (Phi) is 12.2. The van der Waals surface area contributed by atoms with Gasteiger partial charge in [-0.1, -0.05) is 29.8 Å². The highest BCUT2D eigenvalue weighted by Gasteiger charge is 2.23. The molecule has 6 nitrogen and oxygen atoms in total. The maximum atomic E-state index is 12.8. The molecule has 0 bridgehead atoms. The van der Waals surface area contributed by atoms with Gasteiger partial charge in [-0.3, -0.25) is 0 Å². The number of carbonyl (C=O) groups excluding carboxylic acids is 2. The quantitative estimate of drug-likeness (QED) is 0.388. The number of alkyl carbamates (subject to hydrolysis) is 1. The lowest BCUT2D eigenvalue weighted by atomic mass is 10.2. The van der Waals surface area contributed by atoms with Crippen molar-refractivity contribution in [3.63, 3.8) is 0 Å². The summed E-state index contributed by atoms with van der Waals surface area (Å²) in [7, 11) is 0. The van der Waals surface area contributed by atoms with Crippen LogP contribution in [0.1, 0.15) is 52.2 Å². The van der Waals surface area contributed by atoms with Crippen molar-refractivity contribution in [2.24, 2.45) is 0 Å². The topological polar surface area (TPSA) is 73.9 Å². The van der Waals surface area contributed by atoms with Crippen LogP contribution in [0.5, 0.6) is 0 Å². The minimum Gasteiger partial charge on any atom is -0.461 e. The van der Waals surface area contributed by atoms with Gasteiger partial charge in [0.05, 0.1) is 13.2 Å². The van der Waals surface area contributed by atoms with Gasteiger partial charge in [0, 0.05) is 6.42 Å². The SMILES string of the molecule is C[C@H](NC(=O)OC(C)(C)C)C(=O)O[C@@H](C)CCOCc1ccc(F)cc1.Cc1ccc(F)cc1. The minimum atomic E-state index is -0.813. The minimum absolute atomic E-state index is 0.171. The molecule has 0 radical (unpaired) electrons. The molecule has 0 spiro atoms. The number of aryl methyl sites for hydroxylation is 1. The van der Waals surface area contributed by atoms with Crippen LogP contribution in [0.25, 0.3) is 0 Å². The van der Waals surface area contributed by atoms with Gasteiger partial charge < -0.3 is 19.5 Å². The van der Waals surface area contributed by atoms with E-state index in [4.69, 9.17) is 14.2 Å². The van der Waals surface area contributed by atoms with Gasteiger partial charge in [-0.05, 0) is 71.4 Å². The van der Waals surface area contributed by atoms with Crippen LogP contribution in [0.4, 0.5) is 13.6 Å². The van der Waals surface area contributed by atoms with Crippen molar-refractivity contribution >= 4 is 12.1 Å². The number of amides is 1. The molecule has 2 atom stereocenters. The van der Waals surface area contributed by atoms with Gasteiger partial charge in [0.1, 0.15) is 29.4 Å². The highest BCUT2D eigenvalue weighted by molar-refractivity contribution is 5.81. The van der Waals surface area contributed by atoms with Crippen LogP contribution < -0.4 is 5.32 Å². The van der Waals surface area contributed by atoms with E-state index in [0.29, 0.717) is 19.6 Å². The number of nitrogens with one attached hydrogen (secondary N) is 1. The Morgan fingerprint density at radius 3 is 1.97 bits per heavy atom. The van der Waals surface area contributed by atoms with Crippen molar-refractivity contribution in [1.29, 1.82) is 0 Å². The summed E-state index contributed by atoms with van der Waals surface area (Å²) in [5, 5.41) is 2.44. The number of hydrogen-bond donors (Lipinski definition) is 1. The van der Waals surface area contributed by atoms with E-state index in [0.717, 1.165) is 11.1 Å². The molecule has 2 aromatic carbocycles. The second-order valence-corrected chi connectivity index (χ2v) is 8.88. The molecule has 188 valence electrons. The van der Waals surface area contributed by atoms with Gasteiger partial charge in [-0.2, -0.15) is 0 Å². The Morgan fingerprint density at radius 2 is 1.47 bits per heavy atom. The van der Waals surface area contributed by atoms with Gasteiger partial charge >= 0.3 is 12.1 Å². The first-order valence-corrected chi connectivity index (χ1v) is 11.1. The first-order valence-electron chi connectivity index (χ1n) is 11.1. The third kappa shape index (κ3) is 13.5. The van der Waals surface area contributed by atoms with Crippen LogP contribution in [0.2, 0.25) is 0 Å². The second kappa shape index (κ2) is 14.3. The zero-order valence-corrected chi connectivity index (χ0v) is 20.7. The molecule has 0 saturated heterocycles. The molecule has 0 aliphatic carbocycles. The van der Waals surface area contributed by atoms with Crippen LogP contribution in [0.15, 0.2) is 48.5 Å². The van der Waals surface area contributed by atoms with Crippen molar-refractivity contribution < 1.29 is 32.6 Å². The standard InChI is InChI=1S/C19H28FNO5.C7H7F/c1-13(10-11-24-12-15-6-8-16(20)9-7-15)25-17(22)14(2)21-18(23)26-19(3,4)5;1-6-2-4-7(8)5-3-6/h6-9,13-14H,10-12H2,1-5H3,(H,21,23);2-5H,1H3/t13-,14-;/m0./s1. The molecule has 0 fully saturated rings. The summed E-state index contributed by atoms with van der Waals surface area (Å²) in [5.74, 6) is -0.999. The molecule has 0 heterocycles. The predicted octanol–water partition coefficient (Wildman–Crippen LogP) is 5.71. The van der Waals surface area contributed by atoms with E-state index < -0.39 is 23.7 Å². The Hall–Kier alpha value is -3.00. The van der Waals surface area contributed by atoms with Crippen LogP contribution in [0, 0.1) is 18.6 Å². The first kappa shape index (κ1) is 29.0. The molecule has 0 aliphatic heterocycles. The number of benzene rings is 2. The van der Waals surface area contributed by atoms with Crippen molar-refractivity contribution in [2.45, 2.75) is 72.3 Å². The van der Waals surface area contributed by atoms with Gasteiger partial charge in [0.2, 0.25) is 0 Å². The summed E-state index contributed by atoms with van der Waals surface area (Å²) in [6.07, 6.45) is -0.526. The average Bonchev–Trinajstić information content (AvgIpc) is 2.73. The number of carbonyl (C=O) groups is 2. The molecule has 0 aromatic heterocycles. The molecule has 0 saturated carbocycles. The zero-order valence-electron chi connectivity index (χ0n) is 20.7. The third-order valence-corrected chi connectivity index (χ3v) is 4.27. The zero-order chi connectivity index (χ0) is 25.7. The van der Waals surface area contributed by atoms with Gasteiger partial charge in [-0.15, -0.1) is 0 Å². The molecule has 0 unspecified atom stereocenters. The number of hydrogen-bond acceptors (Lipinski definition) is 5. The van der Waals surface area contributed by atoms with Gasteiger partial charge in [-0.25, -0.2) is 18.4 Å². The van der Waals surface area contributed by atoms with E-state index >= 15 is 0 Å². The van der Waals surface area contributed by atoms with Crippen molar-refractivity contribution in [3.05, 3.63) is 71.3 Å². The summed E-state index contributed by atoms with van der Waals surface area (Å²) in [6, 6.07) is 11.7. The molecule has 1 N–H and O–H groups in total. The molecule has 0 aliphatic rings. The maximum Gasteiger partial charge on any atom is 0.408 e. The molecular formula is C26H35F2NO5. The first-order chi connectivity index (χ1) is 15.9. The normalized spacial score (nSPS) is 12.6. The van der Waals surface area contributed by atoms with Gasteiger partial charge in [0.25, 0.3) is 0 Å². The maximum absolute atomic E-state index is 12.8. The number of rotatable bonds is 8. The lowest BCUT2D eigenvalue weighted by molar-refractivity contribution is -0.151. The molecule has 2 rings (SSSR count). The van der Waals surface area contributed by atoms with Crippen molar-refractivity contribution in [2.75, 3.05) is 6.61 Å². The van der Waals surface area contributed by atoms with Crippen molar-refractivity contribution in [3.8, 4) is 0 Å². The molecular weight excluding hydrogens is 444 g/mol. The monoisotopic (exact) mass is 479 g/mol. The summed E-state index contributed by atoms with van der Waals surface area (Å²) in [6.45, 7) is 11.2. The molecule has 34 heavy (non-hydrogen) atoms. The van der Waals surface area contributed by atoms with Crippen LogP contribution >= 0.6 is 0 Å². The highest BCUT2D eigenvalue weighted by atomic mass is 19.1. The van der Waals surface area contributed by atoms with Crippen LogP contribution in [-0.2, 0) is 25.6 Å². The van der Waals surface area contributed by atoms with E-state index in [-0.39, 0.29) is 17.7 Å². The average molecular weight is 480 g/mol. The molecule has 8 heteroatoms. The number of esters is 1. The third-order valence-electron chi connectivity index (χ3n) is 4.27. The highest BCUT2D eigenvalue weighted by Crippen LogP contribution is 2.08. The fourth-order valence-electron chi connectivity index (χ4n) is 2.46. The largest absolute Gasteiger partial charge is 0.461 e. The molecule has 1 amide bonds. The van der Waals surface area contributed by atoms with E-state index in [1.165, 1.54) is 31.2 Å². The predicted molar refractivity (Wildman–Crippen MR) is 126 cm³/mol. The fraction of sp³-hybridized carbons (Fsp3) is 0.462. The van der Waals surface area contributed by atoms with E-state index in [2.05, 4.69) is 5.32 Å². The van der Waals surface area contributed by atoms with E-state index in [9.17, 15) is 18.4 Å². The number of ether oxygens (including phenoxy) is 3. The summed E-state index contributed by atoms with van der Waals surface area (Å²) < 4.78 is 40.7. The summed E-state index contributed by atoms with van der Waals surface area (Å²) in [4.78, 5) is 23.6. The van der Waals surface area contributed by atoms with Crippen LogP contribution in [0.3, 0.4) is 0 Å². The summed E-state index contributed by atoms with van der Waals surface area (Å²) in [5.41, 5.74) is 1.32. The smallest absolute Gasteiger partial charge is 0.408 e. The van der Waals surface area contributed by atoms with Gasteiger partial charge in [0.15, 0.2) is 0 Å². The lowest BCUT2D eigenvalue weighted by Gasteiger charge is -2.22. The lowest BCUT2D eigenvalue weighted by Crippen LogP contribution is -2.43. The van der Waals surface area contributed by atoms with Crippen molar-refractivity contribution in [1.82, 2.24) is 5.32 Å². The number of halogens is 2. The summed E-state index contributed by atoms with van der Waals surface area (Å²) >= 11 is 0. The Labute approximate surface area is 200 Å². The second-order valence-electron chi connectivity index (χ2n) is 8.88. The van der Waals surface area contributed by atoms with E-state index in [1.54, 1.807) is 52.0 Å². The van der Waals surface area contributed by atoms with Crippen LogP contribution in [-0.4, -0.2) is 36.4 Å². The molecule has 2 aromatic rings. The Morgan fingerprint density at radius 1 is 0.941 bits per heavy atom. The Balaban J connectivity index is 0.000000605. The fourth-order valence-corrected chi connectivity index (χ4v) is 2.46.